The Morgan fingerprint density at radius 3 is 2.47 bits per heavy atom. The van der Waals surface area contributed by atoms with Gasteiger partial charge in [-0.05, 0) is 73.5 Å². The number of rotatable bonds is 6. The number of hydrogen-bond donors (Lipinski definition) is 1. The van der Waals surface area contributed by atoms with Crippen molar-refractivity contribution in [2.75, 3.05) is 11.1 Å². The number of aromatic nitrogens is 4. The Hall–Kier alpha value is -3.96. The molecule has 0 aliphatic carbocycles. The van der Waals surface area contributed by atoms with Gasteiger partial charge in [-0.25, -0.2) is 0 Å². The number of benzene rings is 2. The lowest BCUT2D eigenvalue weighted by Crippen LogP contribution is -2.14. The van der Waals surface area contributed by atoms with E-state index in [1.807, 2.05) is 22.8 Å². The zero-order chi connectivity index (χ0) is 22.5. The van der Waals surface area contributed by atoms with Crippen molar-refractivity contribution >= 4 is 23.4 Å². The molecule has 2 aromatic heterocycles. The van der Waals surface area contributed by atoms with Crippen molar-refractivity contribution in [3.63, 3.8) is 0 Å². The van der Waals surface area contributed by atoms with Crippen LogP contribution in [0.3, 0.4) is 0 Å². The third-order valence-electron chi connectivity index (χ3n) is 4.95. The Bertz CT molecular complexity index is 1290. The van der Waals surface area contributed by atoms with E-state index in [0.717, 1.165) is 16.8 Å². The average molecular weight is 441 g/mol. The van der Waals surface area contributed by atoms with Crippen LogP contribution in [-0.2, 0) is 4.79 Å². The van der Waals surface area contributed by atoms with Crippen molar-refractivity contribution in [1.82, 2.24) is 19.7 Å². The summed E-state index contributed by atoms with van der Waals surface area (Å²) < 4.78 is 1.96. The first-order valence-corrected chi connectivity index (χ1v) is 10.9. The third-order valence-corrected chi connectivity index (χ3v) is 5.88. The molecule has 0 aliphatic heterocycles. The van der Waals surface area contributed by atoms with Crippen LogP contribution in [0.1, 0.15) is 16.7 Å². The number of hydrogen-bond acceptors (Lipinski definition) is 6. The van der Waals surface area contributed by atoms with Gasteiger partial charge in [-0.2, -0.15) is 5.26 Å². The van der Waals surface area contributed by atoms with Gasteiger partial charge >= 0.3 is 0 Å². The van der Waals surface area contributed by atoms with E-state index < -0.39 is 0 Å². The molecule has 0 saturated carbocycles. The molecule has 158 valence electrons. The molecule has 8 heteroatoms. The molecule has 2 heterocycles. The van der Waals surface area contributed by atoms with Gasteiger partial charge in [-0.3, -0.25) is 14.3 Å². The van der Waals surface area contributed by atoms with Gasteiger partial charge in [0, 0.05) is 23.6 Å². The van der Waals surface area contributed by atoms with Crippen molar-refractivity contribution in [2.45, 2.75) is 19.0 Å². The Labute approximate surface area is 190 Å². The van der Waals surface area contributed by atoms with Gasteiger partial charge in [0.15, 0.2) is 11.0 Å². The Morgan fingerprint density at radius 2 is 1.78 bits per heavy atom. The fourth-order valence-electron chi connectivity index (χ4n) is 3.10. The lowest BCUT2D eigenvalue weighted by atomic mass is 10.1. The fraction of sp³-hybridized carbons (Fsp3) is 0.125. The summed E-state index contributed by atoms with van der Waals surface area (Å²) in [6, 6.07) is 18.8. The van der Waals surface area contributed by atoms with Crippen LogP contribution >= 0.6 is 11.8 Å². The van der Waals surface area contributed by atoms with Crippen LogP contribution in [0.25, 0.3) is 17.1 Å². The number of thioether (sulfide) groups is 1. The molecule has 0 aliphatic rings. The number of anilines is 1. The molecule has 0 fully saturated rings. The fourth-order valence-corrected chi connectivity index (χ4v) is 3.86. The molecule has 2 aromatic carbocycles. The topological polar surface area (TPSA) is 96.5 Å². The first kappa shape index (κ1) is 21.3. The summed E-state index contributed by atoms with van der Waals surface area (Å²) in [5.74, 6) is 0.685. The SMILES string of the molecule is Cc1ccc(-n2c(SCC(=O)Nc3ccc(C#N)cc3)nnc2-c2ccncc2)cc1C. The minimum Gasteiger partial charge on any atom is -0.325 e. The molecule has 0 spiro atoms. The van der Waals surface area contributed by atoms with Crippen LogP contribution in [0.5, 0.6) is 0 Å². The van der Waals surface area contributed by atoms with Gasteiger partial charge in [0.2, 0.25) is 5.91 Å². The largest absolute Gasteiger partial charge is 0.325 e. The van der Waals surface area contributed by atoms with Crippen LogP contribution in [0, 0.1) is 25.2 Å². The van der Waals surface area contributed by atoms with Gasteiger partial charge in [0.25, 0.3) is 0 Å². The van der Waals surface area contributed by atoms with E-state index in [2.05, 4.69) is 52.5 Å². The summed E-state index contributed by atoms with van der Waals surface area (Å²) >= 11 is 1.31. The monoisotopic (exact) mass is 440 g/mol. The van der Waals surface area contributed by atoms with E-state index in [4.69, 9.17) is 5.26 Å². The molecule has 0 unspecified atom stereocenters. The van der Waals surface area contributed by atoms with Gasteiger partial charge in [-0.15, -0.1) is 10.2 Å². The molecule has 0 radical (unpaired) electrons. The molecule has 1 N–H and O–H groups in total. The third kappa shape index (κ3) is 4.68. The molecule has 4 aromatic rings. The first-order chi connectivity index (χ1) is 15.5. The molecule has 7 nitrogen and oxygen atoms in total. The normalized spacial score (nSPS) is 10.5. The summed E-state index contributed by atoms with van der Waals surface area (Å²) in [4.78, 5) is 16.6. The number of aryl methyl sites for hydroxylation is 2. The minimum atomic E-state index is -0.167. The smallest absolute Gasteiger partial charge is 0.234 e. The second-order valence-corrected chi connectivity index (χ2v) is 8.11. The van der Waals surface area contributed by atoms with Gasteiger partial charge < -0.3 is 5.32 Å². The lowest BCUT2D eigenvalue weighted by molar-refractivity contribution is -0.113. The van der Waals surface area contributed by atoms with E-state index in [-0.39, 0.29) is 11.7 Å². The Kier molecular flexibility index (Phi) is 6.29. The van der Waals surface area contributed by atoms with Crippen molar-refractivity contribution in [1.29, 1.82) is 5.26 Å². The maximum atomic E-state index is 12.5. The van der Waals surface area contributed by atoms with E-state index >= 15 is 0 Å². The van der Waals surface area contributed by atoms with Gasteiger partial charge in [0.1, 0.15) is 0 Å². The predicted octanol–water partition coefficient (Wildman–Crippen LogP) is 4.55. The quantitative estimate of drug-likeness (QED) is 0.442. The highest BCUT2D eigenvalue weighted by atomic mass is 32.2. The Balaban J connectivity index is 1.59. The number of amides is 1. The summed E-state index contributed by atoms with van der Waals surface area (Å²) in [6.45, 7) is 4.13. The highest BCUT2D eigenvalue weighted by Crippen LogP contribution is 2.28. The van der Waals surface area contributed by atoms with E-state index in [0.29, 0.717) is 22.2 Å². The predicted molar refractivity (Wildman–Crippen MR) is 125 cm³/mol. The zero-order valence-electron chi connectivity index (χ0n) is 17.6. The molecule has 32 heavy (non-hydrogen) atoms. The van der Waals surface area contributed by atoms with E-state index in [9.17, 15) is 4.79 Å². The van der Waals surface area contributed by atoms with Crippen LogP contribution in [-0.4, -0.2) is 31.4 Å². The highest BCUT2D eigenvalue weighted by Gasteiger charge is 2.18. The standard InChI is InChI=1S/C24H20N6OS/c1-16-3-8-21(13-17(16)2)30-23(19-9-11-26-12-10-19)28-29-24(30)32-15-22(31)27-20-6-4-18(14-25)5-7-20/h3-13H,15H2,1-2H3,(H,27,31). The van der Waals surface area contributed by atoms with Crippen molar-refractivity contribution < 1.29 is 4.79 Å². The highest BCUT2D eigenvalue weighted by molar-refractivity contribution is 7.99. The van der Waals surface area contributed by atoms with Crippen LogP contribution in [0.15, 0.2) is 72.1 Å². The van der Waals surface area contributed by atoms with Gasteiger partial charge in [-0.1, -0.05) is 17.8 Å². The molecular weight excluding hydrogens is 420 g/mol. The Morgan fingerprint density at radius 1 is 1.03 bits per heavy atom. The van der Waals surface area contributed by atoms with Crippen molar-refractivity contribution in [2.24, 2.45) is 0 Å². The summed E-state index contributed by atoms with van der Waals surface area (Å²) in [5.41, 5.74) is 5.36. The summed E-state index contributed by atoms with van der Waals surface area (Å²) in [6.07, 6.45) is 3.43. The van der Waals surface area contributed by atoms with Crippen LogP contribution in [0.4, 0.5) is 5.69 Å². The van der Waals surface area contributed by atoms with Crippen molar-refractivity contribution in [3.8, 4) is 23.1 Å². The number of carbonyl (C=O) groups excluding carboxylic acids is 1. The molecule has 0 saturated heterocycles. The number of carbonyl (C=O) groups is 1. The average Bonchev–Trinajstić information content (AvgIpc) is 3.24. The maximum Gasteiger partial charge on any atom is 0.234 e. The second kappa shape index (κ2) is 9.45. The van der Waals surface area contributed by atoms with Crippen LogP contribution in [0.2, 0.25) is 0 Å². The summed E-state index contributed by atoms with van der Waals surface area (Å²) in [7, 11) is 0. The lowest BCUT2D eigenvalue weighted by Gasteiger charge is -2.12. The van der Waals surface area contributed by atoms with Gasteiger partial charge in [0.05, 0.1) is 23.1 Å². The molecule has 0 atom stereocenters. The van der Waals surface area contributed by atoms with Crippen LogP contribution < -0.4 is 5.32 Å². The molecule has 1 amide bonds. The number of nitrogens with zero attached hydrogens (tertiary/aromatic N) is 5. The van der Waals surface area contributed by atoms with Crippen molar-refractivity contribution in [3.05, 3.63) is 83.7 Å². The van der Waals surface area contributed by atoms with E-state index in [1.54, 1.807) is 36.7 Å². The number of nitriles is 1. The zero-order valence-corrected chi connectivity index (χ0v) is 18.4. The first-order valence-electron chi connectivity index (χ1n) is 9.91. The maximum absolute atomic E-state index is 12.5. The number of nitrogens with one attached hydrogen (secondary N) is 1. The number of pyridine rings is 1. The van der Waals surface area contributed by atoms with E-state index in [1.165, 1.54) is 17.3 Å². The molecular formula is C24H20N6OS. The molecule has 0 bridgehead atoms. The second-order valence-electron chi connectivity index (χ2n) is 7.17. The minimum absolute atomic E-state index is 0.166. The molecule has 4 rings (SSSR count). The summed E-state index contributed by atoms with van der Waals surface area (Å²) in [5, 5.41) is 21.1.